The Labute approximate surface area is 179 Å². The number of amides is 2. The molecular weight excluding hydrogens is 464 g/mol. The number of carbonyl (C=O) groups excluding carboxylic acids is 3. The van der Waals surface area contributed by atoms with Crippen molar-refractivity contribution in [2.45, 2.75) is 18.3 Å². The van der Waals surface area contributed by atoms with Crippen molar-refractivity contribution in [2.24, 2.45) is 5.92 Å². The molecule has 2 aromatic rings. The lowest BCUT2D eigenvalue weighted by Crippen LogP contribution is -2.35. The molecule has 4 rings (SSSR count). The van der Waals surface area contributed by atoms with Crippen LogP contribution in [0.4, 0.5) is 5.69 Å². The molecule has 0 saturated carbocycles. The van der Waals surface area contributed by atoms with E-state index in [0.29, 0.717) is 16.5 Å². The number of nitrogens with zero attached hydrogens (tertiary/aromatic N) is 1. The van der Waals surface area contributed by atoms with Gasteiger partial charge in [0, 0.05) is 20.9 Å². The number of hydrogen-bond donors (Lipinski definition) is 1. The highest BCUT2D eigenvalue weighted by Crippen LogP contribution is 2.46. The van der Waals surface area contributed by atoms with Crippen LogP contribution in [0, 0.1) is 12.8 Å². The number of halogens is 2. The van der Waals surface area contributed by atoms with E-state index in [-0.39, 0.29) is 11.2 Å². The zero-order valence-corrected chi connectivity index (χ0v) is 18.0. The molecule has 3 atom stereocenters. The van der Waals surface area contributed by atoms with Gasteiger partial charge in [0.2, 0.25) is 11.8 Å². The molecule has 0 bridgehead atoms. The lowest BCUT2D eigenvalue weighted by atomic mass is 10.0. The third-order valence-corrected chi connectivity index (χ3v) is 7.01. The predicted molar refractivity (Wildman–Crippen MR) is 113 cm³/mol. The fraction of sp³-hybridized carbons (Fsp3) is 0.250. The Bertz CT molecular complexity index is 999. The number of nitrogens with one attached hydrogen (secondary N) is 1. The van der Waals surface area contributed by atoms with Crippen LogP contribution in [-0.2, 0) is 14.4 Å². The molecule has 8 heteroatoms. The number of hydrogen-bond acceptors (Lipinski definition) is 4. The van der Waals surface area contributed by atoms with Crippen LogP contribution < -0.4 is 5.32 Å². The first-order valence-electron chi connectivity index (χ1n) is 8.67. The van der Waals surface area contributed by atoms with Gasteiger partial charge in [-0.15, -0.1) is 11.8 Å². The van der Waals surface area contributed by atoms with Gasteiger partial charge >= 0.3 is 0 Å². The van der Waals surface area contributed by atoms with E-state index in [9.17, 15) is 14.4 Å². The van der Waals surface area contributed by atoms with E-state index in [0.717, 1.165) is 15.6 Å². The van der Waals surface area contributed by atoms with Gasteiger partial charge in [0.1, 0.15) is 11.4 Å². The summed E-state index contributed by atoms with van der Waals surface area (Å²) in [4.78, 5) is 40.2. The standard InChI is InChI=1S/C20H16BrClN2O3S/c1-10-7-13(22)5-6-14(10)23-18(26)16-17(25)15-9-28-20(24(15)19(16)27)11-3-2-4-12(21)8-11/h2-8,15-16,20H,9H2,1H3,(H,23,26)/t15?,16?,20-/m0/s1. The van der Waals surface area contributed by atoms with Crippen molar-refractivity contribution in [3.8, 4) is 0 Å². The van der Waals surface area contributed by atoms with E-state index in [1.165, 1.54) is 0 Å². The number of Topliss-reactive ketones (excluding diaryl/α,β-unsaturated/α-hetero) is 1. The zero-order chi connectivity index (χ0) is 20.0. The van der Waals surface area contributed by atoms with Crippen LogP contribution in [-0.4, -0.2) is 34.3 Å². The minimum atomic E-state index is -1.31. The van der Waals surface area contributed by atoms with E-state index in [2.05, 4.69) is 21.2 Å². The Hall–Kier alpha value is -1.83. The van der Waals surface area contributed by atoms with Gasteiger partial charge in [-0.2, -0.15) is 0 Å². The summed E-state index contributed by atoms with van der Waals surface area (Å²) in [5, 5.41) is 3.00. The van der Waals surface area contributed by atoms with Crippen LogP contribution in [0.1, 0.15) is 16.5 Å². The minimum Gasteiger partial charge on any atom is -0.325 e. The number of thioether (sulfide) groups is 1. The second-order valence-corrected chi connectivity index (χ2v) is 9.25. The average Bonchev–Trinajstić information content (AvgIpc) is 3.18. The van der Waals surface area contributed by atoms with Crippen LogP contribution in [0.3, 0.4) is 0 Å². The fourth-order valence-corrected chi connectivity index (χ4v) is 5.67. The highest BCUT2D eigenvalue weighted by atomic mass is 79.9. The second-order valence-electron chi connectivity index (χ2n) is 6.79. The van der Waals surface area contributed by atoms with Gasteiger partial charge in [-0.3, -0.25) is 14.4 Å². The molecule has 2 amide bonds. The van der Waals surface area contributed by atoms with Crippen molar-refractivity contribution in [2.75, 3.05) is 11.1 Å². The molecule has 2 saturated heterocycles. The molecule has 28 heavy (non-hydrogen) atoms. The van der Waals surface area contributed by atoms with Gasteiger partial charge in [-0.25, -0.2) is 0 Å². The third-order valence-electron chi connectivity index (χ3n) is 4.96. The van der Waals surface area contributed by atoms with Crippen LogP contribution >= 0.6 is 39.3 Å². The summed E-state index contributed by atoms with van der Waals surface area (Å²) in [5.41, 5.74) is 2.24. The Kier molecular flexibility index (Phi) is 5.24. The molecule has 2 aliphatic heterocycles. The first kappa shape index (κ1) is 19.5. The predicted octanol–water partition coefficient (Wildman–Crippen LogP) is 4.19. The molecule has 0 aromatic heterocycles. The number of carbonyl (C=O) groups is 3. The maximum absolute atomic E-state index is 13.0. The van der Waals surface area contributed by atoms with E-state index in [1.807, 2.05) is 24.3 Å². The van der Waals surface area contributed by atoms with Gasteiger partial charge in [0.05, 0.1) is 0 Å². The molecular formula is C20H16BrClN2O3S. The Morgan fingerprint density at radius 3 is 2.75 bits per heavy atom. The molecule has 144 valence electrons. The maximum atomic E-state index is 13.0. The molecule has 2 aromatic carbocycles. The second kappa shape index (κ2) is 7.54. The number of rotatable bonds is 3. The minimum absolute atomic E-state index is 0.269. The van der Waals surface area contributed by atoms with Gasteiger partial charge in [0.25, 0.3) is 0 Å². The number of ketones is 1. The van der Waals surface area contributed by atoms with E-state index < -0.39 is 23.8 Å². The van der Waals surface area contributed by atoms with Crippen LogP contribution in [0.25, 0.3) is 0 Å². The van der Waals surface area contributed by atoms with E-state index in [4.69, 9.17) is 11.6 Å². The molecule has 0 spiro atoms. The quantitative estimate of drug-likeness (QED) is 0.670. The Balaban J connectivity index is 1.58. The van der Waals surface area contributed by atoms with Crippen molar-refractivity contribution in [1.82, 2.24) is 4.90 Å². The summed E-state index contributed by atoms with van der Waals surface area (Å²) < 4.78 is 0.902. The molecule has 2 unspecified atom stereocenters. The molecule has 0 radical (unpaired) electrons. The van der Waals surface area contributed by atoms with E-state index in [1.54, 1.807) is 41.8 Å². The van der Waals surface area contributed by atoms with Crippen molar-refractivity contribution >= 4 is 62.6 Å². The van der Waals surface area contributed by atoms with Crippen molar-refractivity contribution < 1.29 is 14.4 Å². The Morgan fingerprint density at radius 2 is 2.04 bits per heavy atom. The monoisotopic (exact) mass is 478 g/mol. The van der Waals surface area contributed by atoms with E-state index >= 15 is 0 Å². The summed E-state index contributed by atoms with van der Waals surface area (Å²) in [6, 6.07) is 12.1. The topological polar surface area (TPSA) is 66.5 Å². The number of aryl methyl sites for hydroxylation is 1. The van der Waals surface area contributed by atoms with Gasteiger partial charge < -0.3 is 10.2 Å². The SMILES string of the molecule is Cc1cc(Cl)ccc1NC(=O)C1C(=O)C2CS[C@@H](c3cccc(Br)c3)N2C1=O. The van der Waals surface area contributed by atoms with Crippen LogP contribution in [0.15, 0.2) is 46.9 Å². The van der Waals surface area contributed by atoms with Crippen molar-refractivity contribution in [3.05, 3.63) is 63.1 Å². The highest BCUT2D eigenvalue weighted by molar-refractivity contribution is 9.10. The van der Waals surface area contributed by atoms with Crippen LogP contribution in [0.5, 0.6) is 0 Å². The molecule has 2 fully saturated rings. The first-order valence-corrected chi connectivity index (χ1v) is 10.9. The fourth-order valence-electron chi connectivity index (χ4n) is 3.59. The summed E-state index contributed by atoms with van der Waals surface area (Å²) >= 11 is 10.9. The van der Waals surface area contributed by atoms with Gasteiger partial charge in [0.15, 0.2) is 11.7 Å². The third kappa shape index (κ3) is 3.36. The number of anilines is 1. The lowest BCUT2D eigenvalue weighted by molar-refractivity contribution is -0.138. The summed E-state index contributed by atoms with van der Waals surface area (Å²) in [7, 11) is 0. The lowest BCUT2D eigenvalue weighted by Gasteiger charge is -2.23. The summed E-state index contributed by atoms with van der Waals surface area (Å²) in [5.74, 6) is -2.18. The van der Waals surface area contributed by atoms with Gasteiger partial charge in [-0.05, 0) is 48.4 Å². The Morgan fingerprint density at radius 1 is 1.25 bits per heavy atom. The van der Waals surface area contributed by atoms with Crippen molar-refractivity contribution in [1.29, 1.82) is 0 Å². The zero-order valence-electron chi connectivity index (χ0n) is 14.8. The molecule has 0 aliphatic carbocycles. The molecule has 5 nitrogen and oxygen atoms in total. The molecule has 1 N–H and O–H groups in total. The summed E-state index contributed by atoms with van der Waals surface area (Å²) in [6.45, 7) is 1.80. The highest BCUT2D eigenvalue weighted by Gasteiger charge is 2.56. The number of benzene rings is 2. The normalized spacial score (nSPS) is 23.8. The largest absolute Gasteiger partial charge is 0.325 e. The maximum Gasteiger partial charge on any atom is 0.244 e. The molecule has 2 aliphatic rings. The van der Waals surface area contributed by atoms with Gasteiger partial charge in [-0.1, -0.05) is 39.7 Å². The number of fused-ring (bicyclic) bond motifs is 1. The first-order chi connectivity index (χ1) is 13.4. The smallest absolute Gasteiger partial charge is 0.244 e. The summed E-state index contributed by atoms with van der Waals surface area (Å²) in [6.07, 6.45) is 0. The van der Waals surface area contributed by atoms with Crippen LogP contribution in [0.2, 0.25) is 5.02 Å². The van der Waals surface area contributed by atoms with Crippen molar-refractivity contribution in [3.63, 3.8) is 0 Å². The average molecular weight is 480 g/mol. The molecule has 2 heterocycles.